The Hall–Kier alpha value is -1.13. The highest BCUT2D eigenvalue weighted by molar-refractivity contribution is 5.23. The van der Waals surface area contributed by atoms with Crippen LogP contribution in [0.4, 0.5) is 0 Å². The van der Waals surface area contributed by atoms with Crippen molar-refractivity contribution in [2.75, 3.05) is 19.8 Å². The molecule has 0 amide bonds. The van der Waals surface area contributed by atoms with Crippen molar-refractivity contribution in [3.05, 3.63) is 23.9 Å². The second kappa shape index (κ2) is 7.46. The van der Waals surface area contributed by atoms with Crippen molar-refractivity contribution in [1.82, 2.24) is 10.3 Å². The first-order valence-corrected chi connectivity index (χ1v) is 7.23. The number of nitrogens with one attached hydrogen (secondary N) is 1. The van der Waals surface area contributed by atoms with Crippen molar-refractivity contribution in [1.29, 1.82) is 0 Å². The van der Waals surface area contributed by atoms with E-state index in [0.29, 0.717) is 18.5 Å². The third-order valence-electron chi connectivity index (χ3n) is 3.46. The van der Waals surface area contributed by atoms with E-state index in [-0.39, 0.29) is 6.10 Å². The number of hydrogen-bond donors (Lipinski definition) is 1. The molecule has 0 bridgehead atoms. The van der Waals surface area contributed by atoms with Crippen molar-refractivity contribution in [3.63, 3.8) is 0 Å². The lowest BCUT2D eigenvalue weighted by molar-refractivity contribution is -0.0119. The van der Waals surface area contributed by atoms with Crippen molar-refractivity contribution in [2.24, 2.45) is 0 Å². The molecule has 1 aliphatic heterocycles. The monoisotopic (exact) mass is 264 g/mol. The first kappa shape index (κ1) is 14.3. The van der Waals surface area contributed by atoms with Gasteiger partial charge < -0.3 is 14.8 Å². The average molecular weight is 264 g/mol. The summed E-state index contributed by atoms with van der Waals surface area (Å²) in [6, 6.07) is 4.36. The van der Waals surface area contributed by atoms with E-state index in [2.05, 4.69) is 24.1 Å². The topological polar surface area (TPSA) is 43.4 Å². The van der Waals surface area contributed by atoms with Crippen LogP contribution < -0.4 is 10.1 Å². The largest absolute Gasteiger partial charge is 0.475 e. The summed E-state index contributed by atoms with van der Waals surface area (Å²) in [5, 5.41) is 3.39. The molecule has 0 saturated carbocycles. The number of rotatable bonds is 6. The van der Waals surface area contributed by atoms with Crippen LogP contribution in [0, 0.1) is 0 Å². The second-order valence-corrected chi connectivity index (χ2v) is 5.01. The Morgan fingerprint density at radius 3 is 3.16 bits per heavy atom. The van der Waals surface area contributed by atoms with Gasteiger partial charge in [0.2, 0.25) is 5.88 Å². The predicted molar refractivity (Wildman–Crippen MR) is 75.4 cm³/mol. The molecule has 1 N–H and O–H groups in total. The van der Waals surface area contributed by atoms with Crippen molar-refractivity contribution in [3.8, 4) is 5.88 Å². The molecule has 0 spiro atoms. The number of aromatic nitrogens is 1. The van der Waals surface area contributed by atoms with E-state index in [0.717, 1.165) is 19.6 Å². The van der Waals surface area contributed by atoms with Gasteiger partial charge in [-0.3, -0.25) is 0 Å². The number of nitrogens with zero attached hydrogens (tertiary/aromatic N) is 1. The lowest BCUT2D eigenvalue weighted by Crippen LogP contribution is -2.26. The van der Waals surface area contributed by atoms with E-state index in [4.69, 9.17) is 9.47 Å². The number of pyridine rings is 1. The van der Waals surface area contributed by atoms with Crippen LogP contribution in [-0.2, 0) is 4.74 Å². The molecule has 2 rings (SSSR count). The Balaban J connectivity index is 1.87. The standard InChI is InChI=1S/C15H24N2O2/c1-3-16-12(2)13-7-8-17-15(10-13)19-11-14-6-4-5-9-18-14/h7-8,10,12,14,16H,3-6,9,11H2,1-2H3. The molecule has 2 unspecified atom stereocenters. The van der Waals surface area contributed by atoms with Gasteiger partial charge >= 0.3 is 0 Å². The molecule has 1 fully saturated rings. The van der Waals surface area contributed by atoms with E-state index in [9.17, 15) is 0 Å². The molecular formula is C15H24N2O2. The minimum atomic E-state index is 0.227. The van der Waals surface area contributed by atoms with Gasteiger partial charge in [0.15, 0.2) is 0 Å². The Bertz CT molecular complexity index is 378. The second-order valence-electron chi connectivity index (χ2n) is 5.01. The molecule has 2 atom stereocenters. The van der Waals surface area contributed by atoms with Crippen LogP contribution >= 0.6 is 0 Å². The van der Waals surface area contributed by atoms with E-state index in [1.807, 2.05) is 12.1 Å². The van der Waals surface area contributed by atoms with E-state index in [1.54, 1.807) is 6.20 Å². The molecule has 4 nitrogen and oxygen atoms in total. The Morgan fingerprint density at radius 1 is 1.53 bits per heavy atom. The Labute approximate surface area is 115 Å². The third-order valence-corrected chi connectivity index (χ3v) is 3.46. The van der Waals surface area contributed by atoms with Crippen molar-refractivity contribution >= 4 is 0 Å². The van der Waals surface area contributed by atoms with Crippen LogP contribution in [0.25, 0.3) is 0 Å². The van der Waals surface area contributed by atoms with Crippen LogP contribution in [0.1, 0.15) is 44.7 Å². The fourth-order valence-electron chi connectivity index (χ4n) is 2.31. The van der Waals surface area contributed by atoms with Gasteiger partial charge in [-0.15, -0.1) is 0 Å². The summed E-state index contributed by atoms with van der Waals surface area (Å²) in [7, 11) is 0. The Kier molecular flexibility index (Phi) is 5.61. The average Bonchev–Trinajstić information content (AvgIpc) is 2.47. The maximum Gasteiger partial charge on any atom is 0.213 e. The quantitative estimate of drug-likeness (QED) is 0.858. The molecule has 4 heteroatoms. The highest BCUT2D eigenvalue weighted by Gasteiger charge is 2.15. The molecule has 1 aliphatic rings. The normalized spacial score (nSPS) is 21.1. The van der Waals surface area contributed by atoms with Gasteiger partial charge in [-0.1, -0.05) is 6.92 Å². The van der Waals surface area contributed by atoms with Gasteiger partial charge in [0.1, 0.15) is 6.61 Å². The lowest BCUT2D eigenvalue weighted by atomic mass is 10.1. The summed E-state index contributed by atoms with van der Waals surface area (Å²) in [6.45, 7) is 6.67. The van der Waals surface area contributed by atoms with Crippen LogP contribution in [0.3, 0.4) is 0 Å². The predicted octanol–water partition coefficient (Wildman–Crippen LogP) is 2.70. The molecule has 0 radical (unpaired) electrons. The highest BCUT2D eigenvalue weighted by Crippen LogP contribution is 2.18. The summed E-state index contributed by atoms with van der Waals surface area (Å²) < 4.78 is 11.4. The molecule has 2 heterocycles. The zero-order valence-corrected chi connectivity index (χ0v) is 11.9. The first-order chi connectivity index (χ1) is 9.29. The van der Waals surface area contributed by atoms with Crippen LogP contribution in [0.5, 0.6) is 5.88 Å². The van der Waals surface area contributed by atoms with Crippen LogP contribution in [-0.4, -0.2) is 30.8 Å². The molecular weight excluding hydrogens is 240 g/mol. The van der Waals surface area contributed by atoms with E-state index >= 15 is 0 Å². The smallest absolute Gasteiger partial charge is 0.213 e. The summed E-state index contributed by atoms with van der Waals surface area (Å²) in [5.74, 6) is 0.691. The SMILES string of the molecule is CCNC(C)c1ccnc(OCC2CCCCO2)c1. The fraction of sp³-hybridized carbons (Fsp3) is 0.667. The van der Waals surface area contributed by atoms with Crippen molar-refractivity contribution < 1.29 is 9.47 Å². The van der Waals surface area contributed by atoms with Crippen LogP contribution in [0.15, 0.2) is 18.3 Å². The van der Waals surface area contributed by atoms with E-state index in [1.165, 1.54) is 18.4 Å². The van der Waals surface area contributed by atoms with Gasteiger partial charge in [-0.05, 0) is 44.4 Å². The van der Waals surface area contributed by atoms with Crippen LogP contribution in [0.2, 0.25) is 0 Å². The zero-order valence-electron chi connectivity index (χ0n) is 11.9. The molecule has 0 aliphatic carbocycles. The maximum absolute atomic E-state index is 5.75. The highest BCUT2D eigenvalue weighted by atomic mass is 16.5. The minimum Gasteiger partial charge on any atom is -0.475 e. The van der Waals surface area contributed by atoms with Gasteiger partial charge in [0, 0.05) is 24.9 Å². The third kappa shape index (κ3) is 4.48. The van der Waals surface area contributed by atoms with Gasteiger partial charge in [-0.2, -0.15) is 0 Å². The number of hydrogen-bond acceptors (Lipinski definition) is 4. The van der Waals surface area contributed by atoms with E-state index < -0.39 is 0 Å². The van der Waals surface area contributed by atoms with Gasteiger partial charge in [0.05, 0.1) is 6.10 Å². The first-order valence-electron chi connectivity index (χ1n) is 7.23. The Morgan fingerprint density at radius 2 is 2.42 bits per heavy atom. The summed E-state index contributed by atoms with van der Waals surface area (Å²) >= 11 is 0. The minimum absolute atomic E-state index is 0.227. The molecule has 106 valence electrons. The van der Waals surface area contributed by atoms with Crippen molar-refractivity contribution in [2.45, 2.75) is 45.3 Å². The summed E-state index contributed by atoms with van der Waals surface area (Å²) in [4.78, 5) is 4.26. The molecule has 1 saturated heterocycles. The molecule has 1 aromatic rings. The molecule has 19 heavy (non-hydrogen) atoms. The molecule has 0 aromatic carbocycles. The van der Waals surface area contributed by atoms with Gasteiger partial charge in [-0.25, -0.2) is 4.98 Å². The van der Waals surface area contributed by atoms with Gasteiger partial charge in [0.25, 0.3) is 0 Å². The fourth-order valence-corrected chi connectivity index (χ4v) is 2.31. The zero-order chi connectivity index (χ0) is 13.5. The summed E-state index contributed by atoms with van der Waals surface area (Å²) in [6.07, 6.45) is 5.53. The maximum atomic E-state index is 5.75. The lowest BCUT2D eigenvalue weighted by Gasteiger charge is -2.22. The number of ether oxygens (including phenoxy) is 2. The molecule has 1 aromatic heterocycles. The summed E-state index contributed by atoms with van der Waals surface area (Å²) in [5.41, 5.74) is 1.21.